The number of hydrogen-bond donors (Lipinski definition) is 0. The molecule has 0 radical (unpaired) electrons. The van der Waals surface area contributed by atoms with Crippen LogP contribution >= 0.6 is 15.9 Å². The summed E-state index contributed by atoms with van der Waals surface area (Å²) in [6.07, 6.45) is 0. The van der Waals surface area contributed by atoms with Crippen molar-refractivity contribution in [1.29, 1.82) is 0 Å². The highest BCUT2D eigenvalue weighted by Crippen LogP contribution is 2.15. The molecule has 1 aromatic carbocycles. The summed E-state index contributed by atoms with van der Waals surface area (Å²) in [5.74, 6) is -0.199. The van der Waals surface area contributed by atoms with Gasteiger partial charge >= 0.3 is 23.1 Å². The normalized spacial score (nSPS) is 8.70. The second-order valence-electron chi connectivity index (χ2n) is 1.92. The van der Waals surface area contributed by atoms with Crippen LogP contribution in [0.4, 0.5) is 4.39 Å². The van der Waals surface area contributed by atoms with E-state index in [1.165, 1.54) is 6.07 Å². The fraction of sp³-hybridized carbons (Fsp3) is 0.143. The van der Waals surface area contributed by atoms with E-state index in [1.54, 1.807) is 6.07 Å². The van der Waals surface area contributed by atoms with E-state index < -0.39 is 0 Å². The van der Waals surface area contributed by atoms with Crippen LogP contribution in [-0.4, -0.2) is 23.1 Å². The maximum atomic E-state index is 12.5. The molecule has 0 bridgehead atoms. The quantitative estimate of drug-likeness (QED) is 0.581. The van der Waals surface area contributed by atoms with Crippen molar-refractivity contribution in [2.45, 2.75) is 6.92 Å². The minimum Gasteiger partial charge on any atom is -0.206 e. The summed E-state index contributed by atoms with van der Waals surface area (Å²) in [5.41, 5.74) is 0.940. The van der Waals surface area contributed by atoms with E-state index in [2.05, 4.69) is 15.9 Å². The van der Waals surface area contributed by atoms with Gasteiger partial charge in [-0.3, -0.25) is 0 Å². The third-order valence-electron chi connectivity index (χ3n) is 1.08. The first-order valence-corrected chi connectivity index (χ1v) is 3.41. The van der Waals surface area contributed by atoms with Crippen LogP contribution in [0.5, 0.6) is 0 Å². The molecule has 10 heavy (non-hydrogen) atoms. The lowest BCUT2D eigenvalue weighted by Crippen LogP contribution is -1.77. The van der Waals surface area contributed by atoms with E-state index in [-0.39, 0.29) is 28.9 Å². The summed E-state index contributed by atoms with van der Waals surface area (Å²) >= 11 is 3.05. The van der Waals surface area contributed by atoms with Crippen LogP contribution < -0.4 is 0 Å². The van der Waals surface area contributed by atoms with Gasteiger partial charge in [0.1, 0.15) is 5.82 Å². The van der Waals surface area contributed by atoms with Crippen molar-refractivity contribution in [1.82, 2.24) is 0 Å². The Bertz CT molecular complexity index is 225. The number of benzene rings is 1. The average molecular weight is 215 g/mol. The SMILES string of the molecule is Cc1ccc(Br)c(F)c1.[MgH2]. The first-order chi connectivity index (χ1) is 4.20. The van der Waals surface area contributed by atoms with E-state index >= 15 is 0 Å². The number of rotatable bonds is 0. The van der Waals surface area contributed by atoms with Gasteiger partial charge in [-0.1, -0.05) is 6.07 Å². The van der Waals surface area contributed by atoms with E-state index in [0.29, 0.717) is 4.47 Å². The van der Waals surface area contributed by atoms with Gasteiger partial charge in [-0.25, -0.2) is 4.39 Å². The average Bonchev–Trinajstić information content (AvgIpc) is 1.80. The van der Waals surface area contributed by atoms with Crippen LogP contribution in [0.15, 0.2) is 22.7 Å². The smallest absolute Gasteiger partial charge is 0.206 e. The Morgan fingerprint density at radius 2 is 2.00 bits per heavy atom. The van der Waals surface area contributed by atoms with Crippen molar-refractivity contribution >= 4 is 39.0 Å². The topological polar surface area (TPSA) is 0 Å². The summed E-state index contributed by atoms with van der Waals surface area (Å²) in [6.45, 7) is 1.86. The second kappa shape index (κ2) is 4.31. The molecule has 0 aromatic heterocycles. The number of aryl methyl sites for hydroxylation is 1. The molecule has 52 valence electrons. The Hall–Kier alpha value is 0.396. The van der Waals surface area contributed by atoms with Gasteiger partial charge in [0.15, 0.2) is 0 Å². The number of halogens is 2. The molecule has 0 nitrogen and oxygen atoms in total. The lowest BCUT2D eigenvalue weighted by atomic mass is 10.2. The van der Waals surface area contributed by atoms with E-state index in [0.717, 1.165) is 5.56 Å². The predicted molar refractivity (Wildman–Crippen MR) is 47.4 cm³/mol. The van der Waals surface area contributed by atoms with Gasteiger partial charge in [0.05, 0.1) is 4.47 Å². The molecule has 0 aliphatic carbocycles. The Kier molecular flexibility index (Phi) is 4.48. The molecule has 0 saturated heterocycles. The third kappa shape index (κ3) is 2.56. The fourth-order valence-corrected chi connectivity index (χ4v) is 0.848. The van der Waals surface area contributed by atoms with Crippen molar-refractivity contribution in [3.8, 4) is 0 Å². The molecule has 0 heterocycles. The summed E-state index contributed by atoms with van der Waals surface area (Å²) in [4.78, 5) is 0. The lowest BCUT2D eigenvalue weighted by molar-refractivity contribution is 0.620. The van der Waals surface area contributed by atoms with Gasteiger partial charge in [0.2, 0.25) is 0 Å². The van der Waals surface area contributed by atoms with Crippen LogP contribution in [0, 0.1) is 12.7 Å². The first kappa shape index (κ1) is 10.4. The van der Waals surface area contributed by atoms with E-state index in [4.69, 9.17) is 0 Å². The second-order valence-corrected chi connectivity index (χ2v) is 2.77. The van der Waals surface area contributed by atoms with Crippen LogP contribution in [0.3, 0.4) is 0 Å². The van der Waals surface area contributed by atoms with Crippen LogP contribution in [0.1, 0.15) is 5.56 Å². The highest BCUT2D eigenvalue weighted by molar-refractivity contribution is 9.10. The largest absolute Gasteiger partial charge is 0.316 e. The summed E-state index contributed by atoms with van der Waals surface area (Å²) < 4.78 is 13.1. The monoisotopic (exact) mass is 214 g/mol. The Morgan fingerprint density at radius 3 is 2.40 bits per heavy atom. The maximum absolute atomic E-state index is 12.5. The molecular formula is C7H8BrFMg. The molecule has 0 N–H and O–H groups in total. The molecule has 0 unspecified atom stereocenters. The Labute approximate surface area is 84.1 Å². The van der Waals surface area contributed by atoms with Crippen LogP contribution in [-0.2, 0) is 0 Å². The Balaban J connectivity index is 0.000000810. The standard InChI is InChI=1S/C7H6BrF.Mg.2H/c1-5-2-3-6(8)7(9)4-5;;;/h2-4H,1H3;;;. The first-order valence-electron chi connectivity index (χ1n) is 2.62. The van der Waals surface area contributed by atoms with Crippen molar-refractivity contribution < 1.29 is 4.39 Å². The third-order valence-corrected chi connectivity index (χ3v) is 1.72. The zero-order valence-corrected chi connectivity index (χ0v) is 6.57. The molecule has 0 amide bonds. The van der Waals surface area contributed by atoms with Gasteiger partial charge in [-0.15, -0.1) is 0 Å². The van der Waals surface area contributed by atoms with Gasteiger partial charge in [-0.05, 0) is 40.5 Å². The summed E-state index contributed by atoms with van der Waals surface area (Å²) in [6, 6.07) is 5.04. The molecule has 0 spiro atoms. The maximum Gasteiger partial charge on any atom is 0.316 e. The van der Waals surface area contributed by atoms with Crippen LogP contribution in [0.2, 0.25) is 0 Å². The van der Waals surface area contributed by atoms with Crippen molar-refractivity contribution in [2.75, 3.05) is 0 Å². The molecule has 1 rings (SSSR count). The summed E-state index contributed by atoms with van der Waals surface area (Å²) in [5, 5.41) is 0. The molecular weight excluding hydrogens is 207 g/mol. The van der Waals surface area contributed by atoms with Crippen molar-refractivity contribution in [3.63, 3.8) is 0 Å². The minimum absolute atomic E-state index is 0. The molecule has 0 aliphatic heterocycles. The lowest BCUT2D eigenvalue weighted by Gasteiger charge is -1.93. The minimum atomic E-state index is -0.199. The van der Waals surface area contributed by atoms with E-state index in [1.807, 2.05) is 13.0 Å². The predicted octanol–water partition coefficient (Wildman–Crippen LogP) is 1.98. The highest BCUT2D eigenvalue weighted by Gasteiger charge is 1.95. The molecule has 0 fully saturated rings. The molecule has 3 heteroatoms. The molecule has 0 aliphatic rings. The highest BCUT2D eigenvalue weighted by atomic mass is 79.9. The number of hydrogen-bond acceptors (Lipinski definition) is 0. The Morgan fingerprint density at radius 1 is 1.40 bits per heavy atom. The van der Waals surface area contributed by atoms with Gasteiger partial charge in [-0.2, -0.15) is 0 Å². The molecule has 0 atom stereocenters. The van der Waals surface area contributed by atoms with Crippen LogP contribution in [0.25, 0.3) is 0 Å². The zero-order chi connectivity index (χ0) is 6.85. The molecule has 0 saturated carbocycles. The zero-order valence-electron chi connectivity index (χ0n) is 4.99. The van der Waals surface area contributed by atoms with Gasteiger partial charge < -0.3 is 0 Å². The van der Waals surface area contributed by atoms with Crippen molar-refractivity contribution in [3.05, 3.63) is 34.1 Å². The molecule has 1 aromatic rings. The summed E-state index contributed by atoms with van der Waals surface area (Å²) in [7, 11) is 0. The van der Waals surface area contributed by atoms with Gasteiger partial charge in [0, 0.05) is 0 Å². The van der Waals surface area contributed by atoms with E-state index in [9.17, 15) is 4.39 Å². The fourth-order valence-electron chi connectivity index (χ4n) is 0.601. The van der Waals surface area contributed by atoms with Gasteiger partial charge in [0.25, 0.3) is 0 Å². The van der Waals surface area contributed by atoms with Crippen molar-refractivity contribution in [2.24, 2.45) is 0 Å².